The van der Waals surface area contributed by atoms with Crippen molar-refractivity contribution in [3.05, 3.63) is 40.2 Å². The van der Waals surface area contributed by atoms with Crippen LogP contribution in [0.5, 0.6) is 0 Å². The Kier molecular flexibility index (Phi) is 6.63. The van der Waals surface area contributed by atoms with E-state index in [0.717, 1.165) is 5.69 Å². The number of aliphatic carboxylic acids is 1. The number of anilines is 4. The van der Waals surface area contributed by atoms with Gasteiger partial charge in [-0.25, -0.2) is 0 Å². The van der Waals surface area contributed by atoms with Crippen LogP contribution in [0.4, 0.5) is 23.1 Å². The van der Waals surface area contributed by atoms with E-state index in [2.05, 4.69) is 20.6 Å². The maximum atomic E-state index is 12.3. The van der Waals surface area contributed by atoms with E-state index in [1.807, 2.05) is 36.0 Å². The standard InChI is InChI=1S/C20H27N7O4/c1-26(11-14-10-23-17-16(27(14)2)19(31)25-20(21)24-17)13-7-5-12(6-8-13)18(30)22-9-3-4-15(28)29/h5-8,14H,3-4,9-11H2,1-2H3,(H,22,30)(H,28,29)(H4,21,23,24,25,31). The molecule has 1 aromatic carbocycles. The van der Waals surface area contributed by atoms with Crippen molar-refractivity contribution in [1.29, 1.82) is 0 Å². The molecule has 2 aromatic rings. The number of aromatic amines is 1. The van der Waals surface area contributed by atoms with Gasteiger partial charge >= 0.3 is 5.97 Å². The maximum Gasteiger partial charge on any atom is 0.303 e. The van der Waals surface area contributed by atoms with Gasteiger partial charge in [0.1, 0.15) is 5.69 Å². The van der Waals surface area contributed by atoms with E-state index in [1.54, 1.807) is 12.1 Å². The molecular formula is C20H27N7O4. The Bertz CT molecular complexity index is 1010. The van der Waals surface area contributed by atoms with Crippen molar-refractivity contribution in [1.82, 2.24) is 15.3 Å². The molecule has 1 atom stereocenters. The molecular weight excluding hydrogens is 402 g/mol. The quantitative estimate of drug-likeness (QED) is 0.373. The molecule has 0 radical (unpaired) electrons. The summed E-state index contributed by atoms with van der Waals surface area (Å²) in [4.78, 5) is 45.6. The van der Waals surface area contributed by atoms with Gasteiger partial charge in [-0.05, 0) is 30.7 Å². The van der Waals surface area contributed by atoms with Crippen LogP contribution in [0.15, 0.2) is 29.1 Å². The summed E-state index contributed by atoms with van der Waals surface area (Å²) in [5.41, 5.74) is 7.21. The highest BCUT2D eigenvalue weighted by molar-refractivity contribution is 5.94. The van der Waals surface area contributed by atoms with Crippen molar-refractivity contribution < 1.29 is 14.7 Å². The van der Waals surface area contributed by atoms with Gasteiger partial charge in [-0.15, -0.1) is 0 Å². The maximum absolute atomic E-state index is 12.3. The first kappa shape index (κ1) is 21.9. The summed E-state index contributed by atoms with van der Waals surface area (Å²) >= 11 is 0. The lowest BCUT2D eigenvalue weighted by molar-refractivity contribution is -0.137. The lowest BCUT2D eigenvalue weighted by atomic mass is 10.1. The van der Waals surface area contributed by atoms with Crippen molar-refractivity contribution >= 4 is 35.0 Å². The Morgan fingerprint density at radius 3 is 2.74 bits per heavy atom. The van der Waals surface area contributed by atoms with Crippen LogP contribution >= 0.6 is 0 Å². The van der Waals surface area contributed by atoms with E-state index in [0.29, 0.717) is 43.1 Å². The van der Waals surface area contributed by atoms with Crippen molar-refractivity contribution in [3.8, 4) is 0 Å². The van der Waals surface area contributed by atoms with Crippen LogP contribution in [0, 0.1) is 0 Å². The molecule has 11 heteroatoms. The molecule has 1 aliphatic heterocycles. The molecule has 11 nitrogen and oxygen atoms in total. The first-order chi connectivity index (χ1) is 14.8. The number of nitrogen functional groups attached to an aromatic ring is 1. The van der Waals surface area contributed by atoms with Gasteiger partial charge in [0.15, 0.2) is 5.82 Å². The number of aromatic nitrogens is 2. The van der Waals surface area contributed by atoms with Gasteiger partial charge in [0.2, 0.25) is 5.95 Å². The second kappa shape index (κ2) is 9.37. The monoisotopic (exact) mass is 429 g/mol. The van der Waals surface area contributed by atoms with E-state index in [-0.39, 0.29) is 29.9 Å². The van der Waals surface area contributed by atoms with Crippen molar-refractivity contribution in [2.24, 2.45) is 0 Å². The number of nitrogens with zero attached hydrogens (tertiary/aromatic N) is 3. The molecule has 166 valence electrons. The molecule has 0 saturated carbocycles. The summed E-state index contributed by atoms with van der Waals surface area (Å²) in [6.45, 7) is 1.54. The number of fused-ring (bicyclic) bond motifs is 1. The molecule has 31 heavy (non-hydrogen) atoms. The Morgan fingerprint density at radius 2 is 2.06 bits per heavy atom. The fourth-order valence-electron chi connectivity index (χ4n) is 3.49. The third kappa shape index (κ3) is 5.24. The number of carboxylic acids is 1. The minimum Gasteiger partial charge on any atom is -0.481 e. The third-order valence-electron chi connectivity index (χ3n) is 5.23. The first-order valence-corrected chi connectivity index (χ1v) is 9.94. The molecule has 1 aromatic heterocycles. The molecule has 0 spiro atoms. The smallest absolute Gasteiger partial charge is 0.303 e. The number of carbonyl (C=O) groups is 2. The van der Waals surface area contributed by atoms with Gasteiger partial charge in [-0.1, -0.05) is 0 Å². The summed E-state index contributed by atoms with van der Waals surface area (Å²) in [6.07, 6.45) is 0.410. The number of nitrogens with one attached hydrogen (secondary N) is 3. The number of carboxylic acid groups (broad SMARTS) is 1. The van der Waals surface area contributed by atoms with E-state index in [1.165, 1.54) is 0 Å². The van der Waals surface area contributed by atoms with Crippen LogP contribution in [0.25, 0.3) is 0 Å². The number of nitrogens with two attached hydrogens (primary N) is 1. The molecule has 2 heterocycles. The Hall–Kier alpha value is -3.76. The van der Waals surface area contributed by atoms with Crippen LogP contribution < -0.4 is 31.7 Å². The largest absolute Gasteiger partial charge is 0.481 e. The number of likely N-dealkylation sites (N-methyl/N-ethyl adjacent to an activating group) is 2. The third-order valence-corrected chi connectivity index (χ3v) is 5.23. The predicted molar refractivity (Wildman–Crippen MR) is 119 cm³/mol. The van der Waals surface area contributed by atoms with Crippen LogP contribution in [0.2, 0.25) is 0 Å². The normalized spacial score (nSPS) is 15.0. The van der Waals surface area contributed by atoms with Crippen molar-refractivity contribution in [2.75, 3.05) is 54.6 Å². The Labute approximate surface area is 179 Å². The minimum absolute atomic E-state index is 0.0150. The second-order valence-corrected chi connectivity index (χ2v) is 7.47. The summed E-state index contributed by atoms with van der Waals surface area (Å²) < 4.78 is 0. The molecule has 1 amide bonds. The van der Waals surface area contributed by atoms with Gasteiger partial charge in [0.25, 0.3) is 11.5 Å². The van der Waals surface area contributed by atoms with E-state index in [4.69, 9.17) is 10.8 Å². The van der Waals surface area contributed by atoms with Crippen LogP contribution in [-0.4, -0.2) is 66.7 Å². The first-order valence-electron chi connectivity index (χ1n) is 9.94. The highest BCUT2D eigenvalue weighted by Crippen LogP contribution is 2.26. The van der Waals surface area contributed by atoms with E-state index >= 15 is 0 Å². The minimum atomic E-state index is -0.881. The molecule has 1 unspecified atom stereocenters. The molecule has 0 bridgehead atoms. The van der Waals surface area contributed by atoms with Crippen molar-refractivity contribution in [3.63, 3.8) is 0 Å². The van der Waals surface area contributed by atoms with Crippen LogP contribution in [-0.2, 0) is 4.79 Å². The zero-order valence-electron chi connectivity index (χ0n) is 17.5. The van der Waals surface area contributed by atoms with E-state index < -0.39 is 5.97 Å². The van der Waals surface area contributed by atoms with Crippen LogP contribution in [0.1, 0.15) is 23.2 Å². The molecule has 0 fully saturated rings. The van der Waals surface area contributed by atoms with Gasteiger partial charge < -0.3 is 31.3 Å². The van der Waals surface area contributed by atoms with Crippen LogP contribution in [0.3, 0.4) is 0 Å². The Balaban J connectivity index is 1.59. The summed E-state index contributed by atoms with van der Waals surface area (Å²) in [5, 5.41) is 14.5. The van der Waals surface area contributed by atoms with E-state index in [9.17, 15) is 14.4 Å². The summed E-state index contributed by atoms with van der Waals surface area (Å²) in [5.74, 6) is -0.569. The number of H-pyrrole nitrogens is 1. The number of hydrogen-bond acceptors (Lipinski definition) is 8. The van der Waals surface area contributed by atoms with Gasteiger partial charge in [-0.3, -0.25) is 19.4 Å². The summed E-state index contributed by atoms with van der Waals surface area (Å²) in [7, 11) is 3.79. The number of hydrogen-bond donors (Lipinski definition) is 5. The molecule has 6 N–H and O–H groups in total. The average Bonchev–Trinajstić information content (AvgIpc) is 2.72. The predicted octanol–water partition coefficient (Wildman–Crippen LogP) is 0.313. The molecule has 0 saturated heterocycles. The fourth-order valence-corrected chi connectivity index (χ4v) is 3.49. The fraction of sp³-hybridized carbons (Fsp3) is 0.400. The SMILES string of the molecule is CN(CC1CNc2nc(N)[nH]c(=O)c2N1C)c1ccc(C(=O)NCCCC(=O)O)cc1. The molecule has 3 rings (SSSR count). The lowest BCUT2D eigenvalue weighted by Crippen LogP contribution is -2.50. The number of carbonyl (C=O) groups excluding carboxylic acids is 1. The zero-order chi connectivity index (χ0) is 22.5. The summed E-state index contributed by atoms with van der Waals surface area (Å²) in [6, 6.07) is 7.18. The number of rotatable bonds is 8. The highest BCUT2D eigenvalue weighted by Gasteiger charge is 2.28. The second-order valence-electron chi connectivity index (χ2n) is 7.47. The molecule has 0 aliphatic carbocycles. The number of benzene rings is 1. The molecule has 1 aliphatic rings. The van der Waals surface area contributed by atoms with Crippen molar-refractivity contribution in [2.45, 2.75) is 18.9 Å². The lowest BCUT2D eigenvalue weighted by Gasteiger charge is -2.37. The van der Waals surface area contributed by atoms with Gasteiger partial charge in [0, 0.05) is 51.4 Å². The topological polar surface area (TPSA) is 157 Å². The van der Waals surface area contributed by atoms with Gasteiger partial charge in [0.05, 0.1) is 6.04 Å². The Morgan fingerprint density at radius 1 is 1.35 bits per heavy atom. The number of amides is 1. The average molecular weight is 429 g/mol. The zero-order valence-corrected chi connectivity index (χ0v) is 17.5. The highest BCUT2D eigenvalue weighted by atomic mass is 16.4. The van der Waals surface area contributed by atoms with Gasteiger partial charge in [-0.2, -0.15) is 4.98 Å².